The van der Waals surface area contributed by atoms with Gasteiger partial charge in [-0.15, -0.1) is 11.8 Å². The summed E-state index contributed by atoms with van der Waals surface area (Å²) in [6.07, 6.45) is 0.133. The first-order chi connectivity index (χ1) is 5.16. The molecule has 1 heterocycles. The van der Waals surface area contributed by atoms with Crippen molar-refractivity contribution < 1.29 is 14.8 Å². The van der Waals surface area contributed by atoms with Crippen molar-refractivity contribution in [3.63, 3.8) is 0 Å². The molecule has 4 nitrogen and oxygen atoms in total. The van der Waals surface area contributed by atoms with Crippen molar-refractivity contribution >= 4 is 23.6 Å². The lowest BCUT2D eigenvalue weighted by Gasteiger charge is -2.04. The maximum Gasteiger partial charge on any atom is 0.266 e. The molecule has 2 amide bonds. The van der Waals surface area contributed by atoms with Crippen LogP contribution < -0.4 is 0 Å². The third kappa shape index (κ3) is 1.54. The third-order valence-corrected chi connectivity index (χ3v) is 2.55. The number of rotatable bonds is 2. The van der Waals surface area contributed by atoms with Gasteiger partial charge in [0.2, 0.25) is 0 Å². The Morgan fingerprint density at radius 2 is 2.36 bits per heavy atom. The van der Waals surface area contributed by atoms with Crippen LogP contribution in [0.5, 0.6) is 0 Å². The molecule has 11 heavy (non-hydrogen) atoms. The topological polar surface area (TPSA) is 57.6 Å². The van der Waals surface area contributed by atoms with Crippen LogP contribution in [-0.4, -0.2) is 33.1 Å². The van der Waals surface area contributed by atoms with Crippen molar-refractivity contribution in [3.05, 3.63) is 0 Å². The van der Waals surface area contributed by atoms with Gasteiger partial charge in [0.15, 0.2) is 0 Å². The molecule has 0 saturated carbocycles. The van der Waals surface area contributed by atoms with Gasteiger partial charge in [0.05, 0.1) is 11.7 Å². The van der Waals surface area contributed by atoms with Crippen LogP contribution in [-0.2, 0) is 9.59 Å². The zero-order valence-corrected chi connectivity index (χ0v) is 6.93. The van der Waals surface area contributed by atoms with Gasteiger partial charge in [-0.25, -0.2) is 0 Å². The molecule has 0 spiro atoms. The highest BCUT2D eigenvalue weighted by atomic mass is 32.2. The molecule has 5 heteroatoms. The summed E-state index contributed by atoms with van der Waals surface area (Å²) in [7, 11) is 0. The van der Waals surface area contributed by atoms with Crippen LogP contribution in [0.4, 0.5) is 0 Å². The van der Waals surface area contributed by atoms with Crippen molar-refractivity contribution in [2.24, 2.45) is 0 Å². The van der Waals surface area contributed by atoms with Gasteiger partial charge in [-0.3, -0.25) is 14.8 Å². The Bertz CT molecular complexity index is 194. The van der Waals surface area contributed by atoms with E-state index in [9.17, 15) is 9.59 Å². The van der Waals surface area contributed by atoms with E-state index in [1.165, 1.54) is 11.8 Å². The second kappa shape index (κ2) is 3.23. The Labute approximate surface area is 68.5 Å². The monoisotopic (exact) mass is 175 g/mol. The fourth-order valence-corrected chi connectivity index (χ4v) is 1.83. The van der Waals surface area contributed by atoms with Crippen LogP contribution in [0.15, 0.2) is 0 Å². The molecule has 1 saturated heterocycles. The van der Waals surface area contributed by atoms with Crippen LogP contribution in [0.3, 0.4) is 0 Å². The lowest BCUT2D eigenvalue weighted by atomic mass is 10.4. The van der Waals surface area contributed by atoms with E-state index in [0.29, 0.717) is 0 Å². The first kappa shape index (κ1) is 8.55. The Morgan fingerprint density at radius 1 is 1.73 bits per heavy atom. The largest absolute Gasteiger partial charge is 0.278 e. The normalized spacial score (nSPS) is 24.9. The van der Waals surface area contributed by atoms with E-state index in [1.54, 1.807) is 0 Å². The van der Waals surface area contributed by atoms with E-state index in [1.807, 2.05) is 6.92 Å². The van der Waals surface area contributed by atoms with Crippen LogP contribution in [0.2, 0.25) is 0 Å². The van der Waals surface area contributed by atoms with Gasteiger partial charge in [-0.1, -0.05) is 6.92 Å². The predicted molar refractivity (Wildman–Crippen MR) is 40.2 cm³/mol. The highest BCUT2D eigenvalue weighted by Gasteiger charge is 2.37. The summed E-state index contributed by atoms with van der Waals surface area (Å²) in [5.41, 5.74) is 0. The van der Waals surface area contributed by atoms with Crippen molar-refractivity contribution in [2.45, 2.75) is 18.6 Å². The molecule has 1 N–H and O–H groups in total. The molecule has 1 rings (SSSR count). The van der Waals surface area contributed by atoms with Crippen LogP contribution >= 0.6 is 11.8 Å². The number of hydroxylamine groups is 2. The molecule has 1 aliphatic rings. The first-order valence-electron chi connectivity index (χ1n) is 3.34. The summed E-state index contributed by atoms with van der Waals surface area (Å²) < 4.78 is 0. The number of hydrogen-bond acceptors (Lipinski definition) is 4. The van der Waals surface area contributed by atoms with Gasteiger partial charge < -0.3 is 0 Å². The molecule has 1 unspecified atom stereocenters. The average molecular weight is 175 g/mol. The van der Waals surface area contributed by atoms with Crippen molar-refractivity contribution in [1.29, 1.82) is 0 Å². The molecule has 0 aromatic rings. The van der Waals surface area contributed by atoms with Crippen molar-refractivity contribution in [2.75, 3.05) is 5.75 Å². The van der Waals surface area contributed by atoms with Gasteiger partial charge in [-0.2, -0.15) is 5.06 Å². The molecule has 1 atom stereocenters. The minimum absolute atomic E-state index is 0.133. The minimum Gasteiger partial charge on any atom is -0.278 e. The van der Waals surface area contributed by atoms with E-state index in [-0.39, 0.29) is 16.7 Å². The van der Waals surface area contributed by atoms with E-state index < -0.39 is 11.8 Å². The summed E-state index contributed by atoms with van der Waals surface area (Å²) in [5.74, 6) is -0.208. The Morgan fingerprint density at radius 3 is 2.73 bits per heavy atom. The number of carbonyl (C=O) groups excluding carboxylic acids is 2. The average Bonchev–Trinajstić information content (AvgIpc) is 2.19. The second-order valence-corrected chi connectivity index (χ2v) is 3.67. The fourth-order valence-electron chi connectivity index (χ4n) is 0.923. The molecule has 0 bridgehead atoms. The number of imide groups is 1. The number of hydrogen-bond donors (Lipinski definition) is 1. The Kier molecular flexibility index (Phi) is 2.51. The molecule has 0 aliphatic carbocycles. The minimum atomic E-state index is -0.499. The summed E-state index contributed by atoms with van der Waals surface area (Å²) in [6, 6.07) is 0. The van der Waals surface area contributed by atoms with Crippen LogP contribution in [0.25, 0.3) is 0 Å². The molecule has 0 aromatic heterocycles. The molecular formula is C6H9NO3S. The van der Waals surface area contributed by atoms with E-state index in [2.05, 4.69) is 0 Å². The smallest absolute Gasteiger partial charge is 0.266 e. The molecule has 62 valence electrons. The van der Waals surface area contributed by atoms with Crippen molar-refractivity contribution in [3.8, 4) is 0 Å². The second-order valence-electron chi connectivity index (χ2n) is 2.19. The first-order valence-corrected chi connectivity index (χ1v) is 4.39. The SMILES string of the molecule is CCSC1CC(=O)N(O)C1=O. The molecule has 0 radical (unpaired) electrons. The van der Waals surface area contributed by atoms with E-state index in [4.69, 9.17) is 5.21 Å². The molecule has 1 fully saturated rings. The number of carbonyl (C=O) groups is 2. The highest BCUT2D eigenvalue weighted by molar-refractivity contribution is 8.00. The van der Waals surface area contributed by atoms with Gasteiger partial charge in [0.1, 0.15) is 0 Å². The zero-order chi connectivity index (χ0) is 8.43. The Hall–Kier alpha value is -0.550. The van der Waals surface area contributed by atoms with Crippen LogP contribution in [0, 0.1) is 0 Å². The maximum absolute atomic E-state index is 10.9. The van der Waals surface area contributed by atoms with Gasteiger partial charge in [0, 0.05) is 0 Å². The fraction of sp³-hybridized carbons (Fsp3) is 0.667. The van der Waals surface area contributed by atoms with E-state index in [0.717, 1.165) is 5.75 Å². The quantitative estimate of drug-likeness (QED) is 0.483. The standard InChI is InChI=1S/C6H9NO3S/c1-2-11-4-3-5(8)7(10)6(4)9/h4,10H,2-3H2,1H3. The van der Waals surface area contributed by atoms with E-state index >= 15 is 0 Å². The third-order valence-electron chi connectivity index (χ3n) is 1.45. The summed E-state index contributed by atoms with van der Waals surface area (Å²) in [6.45, 7) is 1.91. The number of amides is 2. The number of thioether (sulfide) groups is 1. The summed E-state index contributed by atoms with van der Waals surface area (Å²) >= 11 is 1.38. The molecule has 1 aliphatic heterocycles. The van der Waals surface area contributed by atoms with Gasteiger partial charge >= 0.3 is 0 Å². The van der Waals surface area contributed by atoms with Gasteiger partial charge in [-0.05, 0) is 5.75 Å². The van der Waals surface area contributed by atoms with Gasteiger partial charge in [0.25, 0.3) is 11.8 Å². The summed E-state index contributed by atoms with van der Waals surface area (Å²) in [5, 5.41) is 8.64. The lowest BCUT2D eigenvalue weighted by Crippen LogP contribution is -2.27. The molecule has 0 aromatic carbocycles. The van der Waals surface area contributed by atoms with Crippen molar-refractivity contribution in [1.82, 2.24) is 5.06 Å². The predicted octanol–water partition coefficient (Wildman–Crippen LogP) is 0.256. The lowest BCUT2D eigenvalue weighted by molar-refractivity contribution is -0.170. The highest BCUT2D eigenvalue weighted by Crippen LogP contribution is 2.23. The maximum atomic E-state index is 10.9. The molecular weight excluding hydrogens is 166 g/mol. The number of nitrogens with zero attached hydrogens (tertiary/aromatic N) is 1. The van der Waals surface area contributed by atoms with Crippen LogP contribution in [0.1, 0.15) is 13.3 Å². The summed E-state index contributed by atoms with van der Waals surface area (Å²) in [4.78, 5) is 21.7. The zero-order valence-electron chi connectivity index (χ0n) is 6.11. The Balaban J connectivity index is 2.60.